The van der Waals surface area contributed by atoms with Gasteiger partial charge in [-0.25, -0.2) is 0 Å². The number of carbonyl (C=O) groups is 2. The maximum atomic E-state index is 10.2. The lowest BCUT2D eigenvalue weighted by atomic mass is 10.2. The molecule has 0 saturated heterocycles. The molecule has 0 aliphatic rings. The molecular weight excluding hydrogens is 144 g/mol. The minimum Gasteiger partial charge on any atom is -0.480 e. The summed E-state index contributed by atoms with van der Waals surface area (Å²) in [5.41, 5.74) is 0. The van der Waals surface area contributed by atoms with Crippen molar-refractivity contribution in [2.24, 2.45) is 0 Å². The van der Waals surface area contributed by atoms with Gasteiger partial charge in [0.25, 0.3) is 0 Å². The molecule has 0 saturated carbocycles. The molecule has 0 bridgehead atoms. The maximum Gasteiger partial charge on any atom is 0.322 e. The van der Waals surface area contributed by atoms with Crippen LogP contribution < -0.4 is 0 Å². The van der Waals surface area contributed by atoms with Crippen molar-refractivity contribution >= 4 is 23.4 Å². The number of alkyl halides is 1. The average Bonchev–Trinajstić information content (AvgIpc) is 1.63. The molecule has 1 atom stereocenters. The summed E-state index contributed by atoms with van der Waals surface area (Å²) in [6.45, 7) is 1.30. The molecule has 52 valence electrons. The Bertz CT molecular complexity index is 132. The molecule has 9 heavy (non-hydrogen) atoms. The number of rotatable bonds is 3. The summed E-state index contributed by atoms with van der Waals surface area (Å²) in [7, 11) is 0. The lowest BCUT2D eigenvalue weighted by molar-refractivity contribution is -0.138. The van der Waals surface area contributed by atoms with E-state index in [0.717, 1.165) is 0 Å². The molecule has 0 amide bonds. The van der Waals surface area contributed by atoms with Crippen molar-refractivity contribution in [2.45, 2.75) is 18.7 Å². The topological polar surface area (TPSA) is 54.4 Å². The molecular formula is C5H7ClO3. The molecule has 0 fully saturated rings. The smallest absolute Gasteiger partial charge is 0.322 e. The number of hydrogen-bond acceptors (Lipinski definition) is 2. The third-order valence-corrected chi connectivity index (χ3v) is 1.08. The molecule has 1 unspecified atom stereocenters. The van der Waals surface area contributed by atoms with Crippen LogP contribution in [0.25, 0.3) is 0 Å². The van der Waals surface area contributed by atoms with E-state index < -0.39 is 11.3 Å². The number of Topliss-reactive ketones (excluding diaryl/α,β-unsaturated/α-hetero) is 1. The van der Waals surface area contributed by atoms with Crippen LogP contribution in [0.4, 0.5) is 0 Å². The Morgan fingerprint density at radius 3 is 2.22 bits per heavy atom. The van der Waals surface area contributed by atoms with Crippen LogP contribution in [0, 0.1) is 0 Å². The van der Waals surface area contributed by atoms with E-state index in [4.69, 9.17) is 16.7 Å². The highest BCUT2D eigenvalue weighted by Crippen LogP contribution is 2.01. The highest BCUT2D eigenvalue weighted by molar-refractivity contribution is 6.30. The second kappa shape index (κ2) is 3.45. The van der Waals surface area contributed by atoms with Crippen molar-refractivity contribution in [3.63, 3.8) is 0 Å². The molecule has 0 aliphatic carbocycles. The normalized spacial score (nSPS) is 12.7. The van der Waals surface area contributed by atoms with Crippen LogP contribution in [0.3, 0.4) is 0 Å². The van der Waals surface area contributed by atoms with Gasteiger partial charge in [0.2, 0.25) is 0 Å². The third-order valence-electron chi connectivity index (χ3n) is 0.735. The summed E-state index contributed by atoms with van der Waals surface area (Å²) < 4.78 is 0. The van der Waals surface area contributed by atoms with Crippen molar-refractivity contribution in [2.75, 3.05) is 0 Å². The van der Waals surface area contributed by atoms with Gasteiger partial charge in [-0.1, -0.05) is 0 Å². The van der Waals surface area contributed by atoms with Gasteiger partial charge in [-0.3, -0.25) is 9.59 Å². The van der Waals surface area contributed by atoms with Crippen LogP contribution in [0.5, 0.6) is 0 Å². The van der Waals surface area contributed by atoms with Crippen LogP contribution in [-0.2, 0) is 9.59 Å². The van der Waals surface area contributed by atoms with E-state index in [1.165, 1.54) is 6.92 Å². The van der Waals surface area contributed by atoms with Crippen LogP contribution in [0.2, 0.25) is 0 Å². The van der Waals surface area contributed by atoms with Gasteiger partial charge < -0.3 is 5.11 Å². The van der Waals surface area contributed by atoms with E-state index in [1.54, 1.807) is 0 Å². The van der Waals surface area contributed by atoms with Gasteiger partial charge in [-0.2, -0.15) is 0 Å². The highest BCUT2D eigenvalue weighted by Gasteiger charge is 2.14. The van der Waals surface area contributed by atoms with Gasteiger partial charge in [0.05, 0.1) is 0 Å². The van der Waals surface area contributed by atoms with E-state index in [2.05, 4.69) is 0 Å². The molecule has 0 rings (SSSR count). The van der Waals surface area contributed by atoms with Crippen molar-refractivity contribution in [3.8, 4) is 0 Å². The Hall–Kier alpha value is -0.570. The molecule has 0 radical (unpaired) electrons. The Balaban J connectivity index is 3.63. The van der Waals surface area contributed by atoms with E-state index in [-0.39, 0.29) is 12.2 Å². The van der Waals surface area contributed by atoms with Gasteiger partial charge >= 0.3 is 5.97 Å². The van der Waals surface area contributed by atoms with Crippen molar-refractivity contribution < 1.29 is 14.7 Å². The highest BCUT2D eigenvalue weighted by atomic mass is 35.5. The number of carboxylic acid groups (broad SMARTS) is 1. The Labute approximate surface area is 57.6 Å². The van der Waals surface area contributed by atoms with Crippen molar-refractivity contribution in [3.05, 3.63) is 0 Å². The predicted molar refractivity (Wildman–Crippen MR) is 32.6 cm³/mol. The van der Waals surface area contributed by atoms with Gasteiger partial charge in [0.1, 0.15) is 11.2 Å². The summed E-state index contributed by atoms with van der Waals surface area (Å²) in [5, 5.41) is 7.08. The monoisotopic (exact) mass is 150 g/mol. The molecule has 0 spiro atoms. The molecule has 1 N–H and O–H groups in total. The molecule has 0 aliphatic heterocycles. The number of ketones is 1. The first-order valence-electron chi connectivity index (χ1n) is 2.40. The Morgan fingerprint density at radius 1 is 1.67 bits per heavy atom. The van der Waals surface area contributed by atoms with E-state index in [1.807, 2.05) is 0 Å². The second-order valence-electron chi connectivity index (χ2n) is 1.71. The number of carbonyl (C=O) groups excluding carboxylic acids is 1. The number of carboxylic acids is 1. The maximum absolute atomic E-state index is 10.2. The van der Waals surface area contributed by atoms with Gasteiger partial charge in [0, 0.05) is 6.42 Å². The number of hydrogen-bond donors (Lipinski definition) is 1. The van der Waals surface area contributed by atoms with Gasteiger partial charge in [0.15, 0.2) is 0 Å². The Morgan fingerprint density at radius 2 is 2.11 bits per heavy atom. The predicted octanol–water partition coefficient (Wildman–Crippen LogP) is 0.657. The Kier molecular flexibility index (Phi) is 3.24. The molecule has 4 heteroatoms. The number of halogens is 1. The zero-order valence-corrected chi connectivity index (χ0v) is 5.68. The van der Waals surface area contributed by atoms with Crippen molar-refractivity contribution in [1.82, 2.24) is 0 Å². The van der Waals surface area contributed by atoms with Crippen molar-refractivity contribution in [1.29, 1.82) is 0 Å². The first-order valence-corrected chi connectivity index (χ1v) is 2.84. The fraction of sp³-hybridized carbons (Fsp3) is 0.600. The largest absolute Gasteiger partial charge is 0.480 e. The zero-order valence-electron chi connectivity index (χ0n) is 4.93. The summed E-state index contributed by atoms with van der Waals surface area (Å²) in [6.07, 6.45) is -0.100. The van der Waals surface area contributed by atoms with E-state index in [0.29, 0.717) is 0 Å². The first kappa shape index (κ1) is 8.43. The average molecular weight is 151 g/mol. The van der Waals surface area contributed by atoms with Crippen LogP contribution in [0.1, 0.15) is 13.3 Å². The summed E-state index contributed by atoms with van der Waals surface area (Å²) in [5.74, 6) is -1.36. The molecule has 0 aromatic heterocycles. The standard InChI is InChI=1S/C5H7ClO3/c1-3(7)2-4(6)5(8)9/h4H,2H2,1H3,(H,8,9). The molecule has 3 nitrogen and oxygen atoms in total. The van der Waals surface area contributed by atoms with Gasteiger partial charge in [-0.15, -0.1) is 11.6 Å². The van der Waals surface area contributed by atoms with Crippen LogP contribution >= 0.6 is 11.6 Å². The van der Waals surface area contributed by atoms with Crippen LogP contribution in [0.15, 0.2) is 0 Å². The lowest BCUT2D eigenvalue weighted by Gasteiger charge is -1.97. The van der Waals surface area contributed by atoms with E-state index >= 15 is 0 Å². The summed E-state index contributed by atoms with van der Waals surface area (Å²) in [4.78, 5) is 20.2. The second-order valence-corrected chi connectivity index (χ2v) is 2.24. The molecule has 0 aromatic carbocycles. The van der Waals surface area contributed by atoms with E-state index in [9.17, 15) is 9.59 Å². The quantitative estimate of drug-likeness (QED) is 0.602. The minimum absolute atomic E-state index is 0.100. The fourth-order valence-corrected chi connectivity index (χ4v) is 0.557. The summed E-state index contributed by atoms with van der Waals surface area (Å²) >= 11 is 5.19. The molecule has 0 aromatic rings. The third kappa shape index (κ3) is 3.97. The minimum atomic E-state index is -1.15. The van der Waals surface area contributed by atoms with Crippen LogP contribution in [-0.4, -0.2) is 22.2 Å². The summed E-state index contributed by atoms with van der Waals surface area (Å²) in [6, 6.07) is 0. The van der Waals surface area contributed by atoms with Gasteiger partial charge in [-0.05, 0) is 6.92 Å². The zero-order chi connectivity index (χ0) is 7.44. The fourth-order valence-electron chi connectivity index (χ4n) is 0.340. The molecule has 0 heterocycles. The first-order chi connectivity index (χ1) is 4.04. The lowest BCUT2D eigenvalue weighted by Crippen LogP contribution is -2.15. The SMILES string of the molecule is CC(=O)CC(Cl)C(=O)O. The number of aliphatic carboxylic acids is 1.